The van der Waals surface area contributed by atoms with Gasteiger partial charge in [0.1, 0.15) is 0 Å². The molecule has 0 radical (unpaired) electrons. The Morgan fingerprint density at radius 1 is 1.60 bits per heavy atom. The van der Waals surface area contributed by atoms with E-state index in [4.69, 9.17) is 0 Å². The molecule has 0 aliphatic carbocycles. The molecule has 0 atom stereocenters. The van der Waals surface area contributed by atoms with Gasteiger partial charge in [0.05, 0.1) is 0 Å². The molecule has 0 aromatic carbocycles. The molecular formula is C5H14N4S. The Balaban J connectivity index is 3.27. The predicted molar refractivity (Wildman–Crippen MR) is 47.4 cm³/mol. The standard InChI is InChI=1S/C5H14N4S/c1-6-5(7-2)9-8-3-4-10/h8,10H,3-4H2,1-2H3,(H2,6,7,9). The Morgan fingerprint density at radius 2 is 2.30 bits per heavy atom. The van der Waals surface area contributed by atoms with Gasteiger partial charge in [-0.1, -0.05) is 0 Å². The van der Waals surface area contributed by atoms with Crippen LogP contribution in [0.3, 0.4) is 0 Å². The van der Waals surface area contributed by atoms with Crippen LogP contribution in [0.15, 0.2) is 4.99 Å². The third-order valence-electron chi connectivity index (χ3n) is 0.904. The summed E-state index contributed by atoms with van der Waals surface area (Å²) in [5.41, 5.74) is 5.78. The van der Waals surface area contributed by atoms with Crippen LogP contribution in [-0.4, -0.2) is 32.4 Å². The number of nitrogens with one attached hydrogen (secondary N) is 3. The first-order valence-electron chi connectivity index (χ1n) is 3.09. The third-order valence-corrected chi connectivity index (χ3v) is 1.13. The molecule has 0 aliphatic heterocycles. The summed E-state index contributed by atoms with van der Waals surface area (Å²) >= 11 is 4.02. The highest BCUT2D eigenvalue weighted by Crippen LogP contribution is 1.65. The lowest BCUT2D eigenvalue weighted by Crippen LogP contribution is -2.44. The fraction of sp³-hybridized carbons (Fsp3) is 0.800. The highest BCUT2D eigenvalue weighted by atomic mass is 32.1. The zero-order valence-electron chi connectivity index (χ0n) is 6.31. The molecule has 10 heavy (non-hydrogen) atoms. The Kier molecular flexibility index (Phi) is 6.42. The maximum Gasteiger partial charge on any atom is 0.205 e. The lowest BCUT2D eigenvalue weighted by Gasteiger charge is -2.07. The Hall–Kier alpha value is -0.420. The van der Waals surface area contributed by atoms with E-state index in [1.165, 1.54) is 0 Å². The molecule has 4 nitrogen and oxygen atoms in total. The van der Waals surface area contributed by atoms with E-state index >= 15 is 0 Å². The zero-order chi connectivity index (χ0) is 7.82. The number of thiol groups is 1. The van der Waals surface area contributed by atoms with Gasteiger partial charge in [-0.25, -0.2) is 5.43 Å². The maximum absolute atomic E-state index is 4.02. The van der Waals surface area contributed by atoms with Gasteiger partial charge in [0, 0.05) is 26.4 Å². The van der Waals surface area contributed by atoms with Crippen LogP contribution in [0.1, 0.15) is 0 Å². The lowest BCUT2D eigenvalue weighted by molar-refractivity contribution is 0.674. The summed E-state index contributed by atoms with van der Waals surface area (Å²) in [6.07, 6.45) is 0. The molecule has 0 rings (SSSR count). The first-order valence-corrected chi connectivity index (χ1v) is 3.72. The second-order valence-corrected chi connectivity index (χ2v) is 2.04. The molecule has 0 amide bonds. The number of hydrogen-bond acceptors (Lipinski definition) is 3. The minimum atomic E-state index is 0.724. The molecule has 0 unspecified atom stereocenters. The molecule has 60 valence electrons. The highest BCUT2D eigenvalue weighted by molar-refractivity contribution is 7.80. The van der Waals surface area contributed by atoms with Crippen molar-refractivity contribution in [2.45, 2.75) is 0 Å². The van der Waals surface area contributed by atoms with Gasteiger partial charge in [-0.05, 0) is 0 Å². The van der Waals surface area contributed by atoms with E-state index < -0.39 is 0 Å². The number of rotatable bonds is 3. The molecule has 0 heterocycles. The minimum Gasteiger partial charge on any atom is -0.358 e. The van der Waals surface area contributed by atoms with E-state index in [-0.39, 0.29) is 0 Å². The lowest BCUT2D eigenvalue weighted by atomic mass is 10.8. The monoisotopic (exact) mass is 162 g/mol. The average Bonchev–Trinajstić information content (AvgIpc) is 1.99. The van der Waals surface area contributed by atoms with Gasteiger partial charge in [-0.15, -0.1) is 0 Å². The number of hydrazine groups is 1. The van der Waals surface area contributed by atoms with Crippen LogP contribution in [0.5, 0.6) is 0 Å². The smallest absolute Gasteiger partial charge is 0.205 e. The van der Waals surface area contributed by atoms with Crippen molar-refractivity contribution in [3.05, 3.63) is 0 Å². The van der Waals surface area contributed by atoms with Crippen LogP contribution in [0.4, 0.5) is 0 Å². The molecule has 0 bridgehead atoms. The Morgan fingerprint density at radius 3 is 2.70 bits per heavy atom. The summed E-state index contributed by atoms with van der Waals surface area (Å²) in [5, 5.41) is 2.86. The van der Waals surface area contributed by atoms with E-state index in [0.29, 0.717) is 0 Å². The third kappa shape index (κ3) is 4.46. The van der Waals surface area contributed by atoms with Gasteiger partial charge in [-0.2, -0.15) is 12.6 Å². The van der Waals surface area contributed by atoms with Crippen molar-refractivity contribution in [3.8, 4) is 0 Å². The van der Waals surface area contributed by atoms with Gasteiger partial charge in [0.25, 0.3) is 0 Å². The largest absolute Gasteiger partial charge is 0.358 e. The second kappa shape index (κ2) is 6.70. The van der Waals surface area contributed by atoms with Crippen LogP contribution in [-0.2, 0) is 0 Å². The van der Waals surface area contributed by atoms with Crippen LogP contribution >= 0.6 is 12.6 Å². The first-order chi connectivity index (χ1) is 4.85. The molecule has 5 heteroatoms. The molecule has 0 saturated heterocycles. The van der Waals surface area contributed by atoms with Crippen molar-refractivity contribution < 1.29 is 0 Å². The van der Waals surface area contributed by atoms with Crippen molar-refractivity contribution >= 4 is 18.6 Å². The van der Waals surface area contributed by atoms with Gasteiger partial charge in [-0.3, -0.25) is 10.4 Å². The molecule has 0 aromatic rings. The number of nitrogens with zero attached hydrogens (tertiary/aromatic N) is 1. The van der Waals surface area contributed by atoms with E-state index in [0.717, 1.165) is 18.3 Å². The summed E-state index contributed by atoms with van der Waals surface area (Å²) in [5.74, 6) is 1.52. The molecule has 0 aliphatic rings. The predicted octanol–water partition coefficient (Wildman–Crippen LogP) is -0.784. The van der Waals surface area contributed by atoms with Gasteiger partial charge in [0.15, 0.2) is 0 Å². The van der Waals surface area contributed by atoms with Crippen LogP contribution < -0.4 is 16.2 Å². The van der Waals surface area contributed by atoms with Crippen LogP contribution in [0.2, 0.25) is 0 Å². The Bertz CT molecular complexity index is 104. The average molecular weight is 162 g/mol. The van der Waals surface area contributed by atoms with Gasteiger partial charge >= 0.3 is 0 Å². The summed E-state index contributed by atoms with van der Waals surface area (Å²) in [7, 11) is 3.51. The minimum absolute atomic E-state index is 0.724. The van der Waals surface area contributed by atoms with Crippen molar-refractivity contribution in [3.63, 3.8) is 0 Å². The molecule has 0 aromatic heterocycles. The SMILES string of the molecule is CN=C(NC)NNCCS. The first kappa shape index (κ1) is 9.58. The molecule has 0 fully saturated rings. The second-order valence-electron chi connectivity index (χ2n) is 1.60. The van der Waals surface area contributed by atoms with E-state index in [1.807, 2.05) is 0 Å². The van der Waals surface area contributed by atoms with Crippen molar-refractivity contribution in [2.24, 2.45) is 4.99 Å². The zero-order valence-corrected chi connectivity index (χ0v) is 7.20. The van der Waals surface area contributed by atoms with Crippen LogP contribution in [0.25, 0.3) is 0 Å². The fourth-order valence-corrected chi connectivity index (χ4v) is 0.544. The van der Waals surface area contributed by atoms with E-state index in [1.54, 1.807) is 14.1 Å². The fourth-order valence-electron chi connectivity index (χ4n) is 0.432. The normalized spacial score (nSPS) is 11.3. The highest BCUT2D eigenvalue weighted by Gasteiger charge is 1.87. The maximum atomic E-state index is 4.02. The quantitative estimate of drug-likeness (QED) is 0.145. The molecule has 3 N–H and O–H groups in total. The number of hydrogen-bond donors (Lipinski definition) is 4. The number of guanidine groups is 1. The van der Waals surface area contributed by atoms with Crippen molar-refractivity contribution in [1.82, 2.24) is 16.2 Å². The van der Waals surface area contributed by atoms with Crippen molar-refractivity contribution in [1.29, 1.82) is 0 Å². The molecule has 0 spiro atoms. The molecule has 0 saturated carbocycles. The number of aliphatic imine (C=N–C) groups is 1. The van der Waals surface area contributed by atoms with E-state index in [2.05, 4.69) is 33.8 Å². The van der Waals surface area contributed by atoms with Gasteiger partial charge in [0.2, 0.25) is 5.96 Å². The topological polar surface area (TPSA) is 48.5 Å². The summed E-state index contributed by atoms with van der Waals surface area (Å²) < 4.78 is 0. The molecular weight excluding hydrogens is 148 g/mol. The van der Waals surface area contributed by atoms with E-state index in [9.17, 15) is 0 Å². The summed E-state index contributed by atoms with van der Waals surface area (Å²) in [4.78, 5) is 3.89. The summed E-state index contributed by atoms with van der Waals surface area (Å²) in [6, 6.07) is 0. The Labute approximate surface area is 66.9 Å². The van der Waals surface area contributed by atoms with Crippen molar-refractivity contribution in [2.75, 3.05) is 26.4 Å². The van der Waals surface area contributed by atoms with Crippen LogP contribution in [0, 0.1) is 0 Å². The van der Waals surface area contributed by atoms with Gasteiger partial charge < -0.3 is 5.32 Å². The summed E-state index contributed by atoms with van der Waals surface area (Å²) in [6.45, 7) is 0.809.